The molecule has 0 spiro atoms. The molecule has 1 saturated carbocycles. The first-order chi connectivity index (χ1) is 17.1. The highest BCUT2D eigenvalue weighted by Gasteiger charge is 2.23. The second-order valence-electron chi connectivity index (χ2n) is 10.8. The van der Waals surface area contributed by atoms with E-state index in [1.54, 1.807) is 0 Å². The average molecular weight is 479 g/mol. The third-order valence-electron chi connectivity index (χ3n) is 8.26. The highest BCUT2D eigenvalue weighted by atomic mass is 19.1. The molecule has 0 atom stereocenters. The fourth-order valence-electron chi connectivity index (χ4n) is 6.03. The molecule has 190 valence electrons. The Bertz CT molecular complexity index is 1150. The van der Waals surface area contributed by atoms with E-state index >= 15 is 4.39 Å². The zero-order chi connectivity index (χ0) is 24.6. The highest BCUT2D eigenvalue weighted by molar-refractivity contribution is 6.04. The number of rotatable bonds is 12. The molecular weight excluding hydrogens is 435 g/mol. The molecule has 1 fully saturated rings. The second kappa shape index (κ2) is 12.7. The van der Waals surface area contributed by atoms with Crippen molar-refractivity contribution < 1.29 is 8.81 Å². The number of benzene rings is 2. The van der Waals surface area contributed by atoms with Gasteiger partial charge in [0.15, 0.2) is 11.4 Å². The van der Waals surface area contributed by atoms with Crippen LogP contribution in [0.2, 0.25) is 0 Å². The van der Waals surface area contributed by atoms with Crippen LogP contribution < -0.4 is 5.63 Å². The Morgan fingerprint density at radius 2 is 1.49 bits per heavy atom. The normalized spacial score (nSPS) is 18.5. The van der Waals surface area contributed by atoms with E-state index in [-0.39, 0.29) is 11.4 Å². The van der Waals surface area contributed by atoms with Crippen molar-refractivity contribution in [1.29, 1.82) is 0 Å². The number of aryl methyl sites for hydroxylation is 1. The van der Waals surface area contributed by atoms with Gasteiger partial charge in [0.1, 0.15) is 0 Å². The summed E-state index contributed by atoms with van der Waals surface area (Å²) in [5, 5.41) is 2.09. The van der Waals surface area contributed by atoms with E-state index in [1.165, 1.54) is 82.6 Å². The van der Waals surface area contributed by atoms with Gasteiger partial charge in [0.2, 0.25) is 0 Å². The van der Waals surface area contributed by atoms with Crippen LogP contribution in [0.25, 0.3) is 21.7 Å². The Morgan fingerprint density at radius 3 is 2.23 bits per heavy atom. The standard InChI is InChI=1S/C32H43FO2/c1-3-5-7-9-11-13-25-18-21-28-27-20-19-26(22-29(27)32(34)35-31(28)30(25)33)24-16-14-23(15-17-24)12-10-8-6-4-2/h18-24H,3-17H2,1-2H3. The molecule has 3 aromatic rings. The van der Waals surface area contributed by atoms with Crippen LogP contribution in [0.15, 0.2) is 39.5 Å². The largest absolute Gasteiger partial charge is 0.419 e. The van der Waals surface area contributed by atoms with Crippen molar-refractivity contribution in [2.75, 3.05) is 0 Å². The van der Waals surface area contributed by atoms with E-state index in [1.807, 2.05) is 24.3 Å². The van der Waals surface area contributed by atoms with Crippen LogP contribution >= 0.6 is 0 Å². The lowest BCUT2D eigenvalue weighted by Gasteiger charge is -2.29. The van der Waals surface area contributed by atoms with Crippen molar-refractivity contribution in [2.45, 2.75) is 116 Å². The van der Waals surface area contributed by atoms with Crippen molar-refractivity contribution in [3.63, 3.8) is 0 Å². The van der Waals surface area contributed by atoms with Gasteiger partial charge in [-0.1, -0.05) is 95.9 Å². The van der Waals surface area contributed by atoms with E-state index < -0.39 is 5.63 Å². The zero-order valence-corrected chi connectivity index (χ0v) is 21.8. The van der Waals surface area contributed by atoms with Gasteiger partial charge in [0, 0.05) is 10.8 Å². The summed E-state index contributed by atoms with van der Waals surface area (Å²) in [5.41, 5.74) is 1.58. The lowest BCUT2D eigenvalue weighted by Crippen LogP contribution is -2.14. The number of halogens is 1. The molecular formula is C32H43FO2. The second-order valence-corrected chi connectivity index (χ2v) is 10.8. The Kier molecular flexibility index (Phi) is 9.40. The molecule has 2 nitrogen and oxygen atoms in total. The lowest BCUT2D eigenvalue weighted by atomic mass is 9.77. The molecule has 1 heterocycles. The van der Waals surface area contributed by atoms with Crippen molar-refractivity contribution in [3.8, 4) is 0 Å². The summed E-state index contributed by atoms with van der Waals surface area (Å²) in [4.78, 5) is 12.9. The summed E-state index contributed by atoms with van der Waals surface area (Å²) in [6, 6.07) is 10.0. The van der Waals surface area contributed by atoms with Crippen LogP contribution in [0.5, 0.6) is 0 Å². The maximum Gasteiger partial charge on any atom is 0.344 e. The molecule has 0 aliphatic heterocycles. The topological polar surface area (TPSA) is 30.2 Å². The van der Waals surface area contributed by atoms with Crippen LogP contribution in [0.1, 0.15) is 121 Å². The maximum atomic E-state index is 15.3. The number of fused-ring (bicyclic) bond motifs is 3. The number of unbranched alkanes of at least 4 members (excludes halogenated alkanes) is 7. The smallest absolute Gasteiger partial charge is 0.344 e. The van der Waals surface area contributed by atoms with Gasteiger partial charge in [-0.3, -0.25) is 0 Å². The Hall–Kier alpha value is -2.16. The first kappa shape index (κ1) is 25.9. The molecule has 1 aromatic heterocycles. The molecule has 1 aliphatic rings. The summed E-state index contributed by atoms with van der Waals surface area (Å²) >= 11 is 0. The molecule has 35 heavy (non-hydrogen) atoms. The third-order valence-corrected chi connectivity index (χ3v) is 8.26. The van der Waals surface area contributed by atoms with E-state index in [4.69, 9.17) is 4.42 Å². The minimum absolute atomic E-state index is 0.116. The molecule has 2 aromatic carbocycles. The van der Waals surface area contributed by atoms with Crippen molar-refractivity contribution in [1.82, 2.24) is 0 Å². The van der Waals surface area contributed by atoms with Gasteiger partial charge in [-0.15, -0.1) is 0 Å². The fraction of sp³-hybridized carbons (Fsp3) is 0.594. The monoisotopic (exact) mass is 478 g/mol. The zero-order valence-electron chi connectivity index (χ0n) is 21.8. The van der Waals surface area contributed by atoms with Crippen molar-refractivity contribution >= 4 is 21.7 Å². The van der Waals surface area contributed by atoms with Gasteiger partial charge in [-0.25, -0.2) is 9.18 Å². The van der Waals surface area contributed by atoms with Crippen LogP contribution in [0.3, 0.4) is 0 Å². The van der Waals surface area contributed by atoms with Gasteiger partial charge >= 0.3 is 5.63 Å². The summed E-state index contributed by atoms with van der Waals surface area (Å²) in [7, 11) is 0. The summed E-state index contributed by atoms with van der Waals surface area (Å²) < 4.78 is 20.8. The van der Waals surface area contributed by atoms with Crippen LogP contribution in [-0.2, 0) is 6.42 Å². The van der Waals surface area contributed by atoms with E-state index in [0.717, 1.165) is 24.1 Å². The Balaban J connectivity index is 1.48. The van der Waals surface area contributed by atoms with Gasteiger partial charge in [-0.2, -0.15) is 0 Å². The molecule has 0 saturated heterocycles. The quantitative estimate of drug-likeness (QED) is 0.147. The molecule has 0 N–H and O–H groups in total. The van der Waals surface area contributed by atoms with Gasteiger partial charge in [0.05, 0.1) is 5.39 Å². The molecule has 1 aliphatic carbocycles. The van der Waals surface area contributed by atoms with Crippen molar-refractivity contribution in [3.05, 3.63) is 57.7 Å². The number of hydrogen-bond acceptors (Lipinski definition) is 2. The van der Waals surface area contributed by atoms with Gasteiger partial charge in [-0.05, 0) is 67.6 Å². The van der Waals surface area contributed by atoms with Crippen LogP contribution in [-0.4, -0.2) is 0 Å². The molecule has 0 amide bonds. The summed E-state index contributed by atoms with van der Waals surface area (Å²) in [5.74, 6) is 1.01. The number of hydrogen-bond donors (Lipinski definition) is 0. The van der Waals surface area contributed by atoms with Gasteiger partial charge < -0.3 is 4.42 Å². The fourth-order valence-corrected chi connectivity index (χ4v) is 6.03. The first-order valence-corrected chi connectivity index (χ1v) is 14.3. The van der Waals surface area contributed by atoms with Crippen molar-refractivity contribution in [2.24, 2.45) is 5.92 Å². The minimum Gasteiger partial charge on any atom is -0.419 e. The average Bonchev–Trinajstić information content (AvgIpc) is 2.88. The highest BCUT2D eigenvalue weighted by Crippen LogP contribution is 2.39. The predicted molar refractivity (Wildman–Crippen MR) is 146 cm³/mol. The van der Waals surface area contributed by atoms with Crippen LogP contribution in [0.4, 0.5) is 4.39 Å². The maximum absolute atomic E-state index is 15.3. The predicted octanol–water partition coefficient (Wildman–Crippen LogP) is 9.84. The molecule has 0 unspecified atom stereocenters. The van der Waals surface area contributed by atoms with E-state index in [2.05, 4.69) is 19.9 Å². The SMILES string of the molecule is CCCCCCCc1ccc2c(oc(=O)c3cc(C4CCC(CCCCCC)CC4)ccc32)c1F. The summed E-state index contributed by atoms with van der Waals surface area (Å²) in [6.45, 7) is 4.46. The van der Waals surface area contributed by atoms with E-state index in [9.17, 15) is 4.79 Å². The van der Waals surface area contributed by atoms with E-state index in [0.29, 0.717) is 28.7 Å². The van der Waals surface area contributed by atoms with Crippen LogP contribution in [0, 0.1) is 11.7 Å². The molecule has 0 bridgehead atoms. The Labute approximate surface area is 210 Å². The van der Waals surface area contributed by atoms with Gasteiger partial charge in [0.25, 0.3) is 0 Å². The molecule has 3 heteroatoms. The Morgan fingerprint density at radius 1 is 0.800 bits per heavy atom. The first-order valence-electron chi connectivity index (χ1n) is 14.3. The minimum atomic E-state index is -0.419. The lowest BCUT2D eigenvalue weighted by molar-refractivity contribution is 0.302. The molecule has 4 rings (SSSR count). The third kappa shape index (κ3) is 6.35. The molecule has 0 radical (unpaired) electrons. The summed E-state index contributed by atoms with van der Waals surface area (Å²) in [6.07, 6.45) is 18.1.